The Kier molecular flexibility index (Phi) is 5.06. The lowest BCUT2D eigenvalue weighted by molar-refractivity contribution is -0.117. The third-order valence-electron chi connectivity index (χ3n) is 3.25. The van der Waals surface area contributed by atoms with Crippen LogP contribution in [0, 0.1) is 5.92 Å². The van der Waals surface area contributed by atoms with Crippen LogP contribution < -0.4 is 5.32 Å². The van der Waals surface area contributed by atoms with Crippen molar-refractivity contribution in [3.05, 3.63) is 0 Å². The van der Waals surface area contributed by atoms with Gasteiger partial charge < -0.3 is 4.90 Å². The number of nitrogens with zero attached hydrogens (tertiary/aromatic N) is 1. The SMILES string of the molecule is CC1CCCCC1N(C)C(=O)NC(=O)CCl. The van der Waals surface area contributed by atoms with Crippen molar-refractivity contribution in [3.63, 3.8) is 0 Å². The van der Waals surface area contributed by atoms with Crippen molar-refractivity contribution in [2.45, 2.75) is 38.6 Å². The van der Waals surface area contributed by atoms with E-state index in [2.05, 4.69) is 12.2 Å². The molecule has 1 N–H and O–H groups in total. The molecule has 2 unspecified atom stereocenters. The lowest BCUT2D eigenvalue weighted by Gasteiger charge is -2.35. The van der Waals surface area contributed by atoms with Crippen LogP contribution in [0.2, 0.25) is 0 Å². The lowest BCUT2D eigenvalue weighted by atomic mass is 9.85. The minimum Gasteiger partial charge on any atom is -0.324 e. The van der Waals surface area contributed by atoms with Crippen molar-refractivity contribution >= 4 is 23.5 Å². The summed E-state index contributed by atoms with van der Waals surface area (Å²) in [6.45, 7) is 2.15. The Morgan fingerprint density at radius 1 is 1.38 bits per heavy atom. The fourth-order valence-electron chi connectivity index (χ4n) is 2.26. The van der Waals surface area contributed by atoms with Gasteiger partial charge in [-0.05, 0) is 18.8 Å². The molecule has 3 amide bonds. The molecule has 0 spiro atoms. The maximum Gasteiger partial charge on any atom is 0.324 e. The maximum absolute atomic E-state index is 11.7. The third-order valence-corrected chi connectivity index (χ3v) is 3.49. The number of amides is 3. The van der Waals surface area contributed by atoms with Crippen molar-refractivity contribution in [1.82, 2.24) is 10.2 Å². The third kappa shape index (κ3) is 3.37. The van der Waals surface area contributed by atoms with Crippen LogP contribution in [-0.4, -0.2) is 35.8 Å². The summed E-state index contributed by atoms with van der Waals surface area (Å²) in [7, 11) is 1.74. The van der Waals surface area contributed by atoms with Crippen LogP contribution in [0.5, 0.6) is 0 Å². The molecular weight excluding hydrogens is 228 g/mol. The molecule has 4 nitrogen and oxygen atoms in total. The summed E-state index contributed by atoms with van der Waals surface area (Å²) in [6.07, 6.45) is 4.54. The highest BCUT2D eigenvalue weighted by molar-refractivity contribution is 6.28. The Hall–Kier alpha value is -0.770. The molecular formula is C11H19ClN2O2. The molecule has 1 saturated carbocycles. The van der Waals surface area contributed by atoms with Crippen molar-refractivity contribution in [2.24, 2.45) is 5.92 Å². The van der Waals surface area contributed by atoms with Gasteiger partial charge in [0.1, 0.15) is 5.88 Å². The number of alkyl halides is 1. The molecule has 0 radical (unpaired) electrons. The zero-order valence-electron chi connectivity index (χ0n) is 9.83. The number of nitrogens with one attached hydrogen (secondary N) is 1. The molecule has 1 fully saturated rings. The molecule has 92 valence electrons. The molecule has 0 aromatic heterocycles. The van der Waals surface area contributed by atoms with Gasteiger partial charge in [-0.25, -0.2) is 4.79 Å². The van der Waals surface area contributed by atoms with Crippen LogP contribution in [0.4, 0.5) is 4.79 Å². The van der Waals surface area contributed by atoms with Crippen LogP contribution in [0.3, 0.4) is 0 Å². The smallest absolute Gasteiger partial charge is 0.324 e. The van der Waals surface area contributed by atoms with Gasteiger partial charge in [0.2, 0.25) is 5.91 Å². The van der Waals surface area contributed by atoms with Crippen LogP contribution in [0.25, 0.3) is 0 Å². The summed E-state index contributed by atoms with van der Waals surface area (Å²) >= 11 is 5.33. The predicted molar refractivity (Wildman–Crippen MR) is 63.4 cm³/mol. The average molecular weight is 247 g/mol. The number of urea groups is 1. The van der Waals surface area contributed by atoms with Crippen molar-refractivity contribution in [3.8, 4) is 0 Å². The quantitative estimate of drug-likeness (QED) is 0.758. The first-order valence-corrected chi connectivity index (χ1v) is 6.22. The lowest BCUT2D eigenvalue weighted by Crippen LogP contribution is -2.49. The molecule has 1 rings (SSSR count). The topological polar surface area (TPSA) is 49.4 Å². The van der Waals surface area contributed by atoms with E-state index in [1.165, 1.54) is 6.42 Å². The Morgan fingerprint density at radius 2 is 2.00 bits per heavy atom. The highest BCUT2D eigenvalue weighted by atomic mass is 35.5. The summed E-state index contributed by atoms with van der Waals surface area (Å²) in [6, 6.07) is -0.110. The number of carbonyl (C=O) groups is 2. The fraction of sp³-hybridized carbons (Fsp3) is 0.818. The molecule has 1 aliphatic rings. The number of halogens is 1. The van der Waals surface area contributed by atoms with Crippen molar-refractivity contribution < 1.29 is 9.59 Å². The van der Waals surface area contributed by atoms with E-state index in [0.29, 0.717) is 5.92 Å². The first-order chi connectivity index (χ1) is 7.56. The largest absolute Gasteiger partial charge is 0.324 e. The van der Waals surface area contributed by atoms with Gasteiger partial charge in [0.25, 0.3) is 0 Å². The molecule has 0 heterocycles. The van der Waals surface area contributed by atoms with Gasteiger partial charge in [0, 0.05) is 13.1 Å². The highest BCUT2D eigenvalue weighted by Crippen LogP contribution is 2.27. The van der Waals surface area contributed by atoms with Crippen LogP contribution in [0.15, 0.2) is 0 Å². The summed E-state index contributed by atoms with van der Waals surface area (Å²) in [5.41, 5.74) is 0. The molecule has 0 aromatic rings. The van der Waals surface area contributed by atoms with Gasteiger partial charge in [-0.2, -0.15) is 0 Å². The molecule has 0 aromatic carbocycles. The number of rotatable bonds is 2. The summed E-state index contributed by atoms with van der Waals surface area (Å²) in [4.78, 5) is 24.3. The van der Waals surface area contributed by atoms with E-state index >= 15 is 0 Å². The summed E-state index contributed by atoms with van der Waals surface area (Å²) in [5.74, 6) is -0.127. The molecule has 16 heavy (non-hydrogen) atoms. The number of hydrogen-bond acceptors (Lipinski definition) is 2. The minimum atomic E-state index is -0.443. The van der Waals surface area contributed by atoms with E-state index < -0.39 is 5.91 Å². The predicted octanol–water partition coefficient (Wildman–Crippen LogP) is 1.97. The zero-order chi connectivity index (χ0) is 12.1. The number of carbonyl (C=O) groups excluding carboxylic acids is 2. The van der Waals surface area contributed by atoms with Gasteiger partial charge >= 0.3 is 6.03 Å². The second-order valence-electron chi connectivity index (χ2n) is 4.43. The summed E-state index contributed by atoms with van der Waals surface area (Å²) < 4.78 is 0. The van der Waals surface area contributed by atoms with E-state index in [4.69, 9.17) is 11.6 Å². The van der Waals surface area contributed by atoms with Gasteiger partial charge in [-0.15, -0.1) is 11.6 Å². The minimum absolute atomic E-state index is 0.181. The molecule has 1 aliphatic carbocycles. The second kappa shape index (κ2) is 6.09. The number of imide groups is 1. The summed E-state index contributed by atoms with van der Waals surface area (Å²) in [5, 5.41) is 2.26. The molecule has 0 saturated heterocycles. The van der Waals surface area contributed by atoms with Gasteiger partial charge in [-0.3, -0.25) is 10.1 Å². The van der Waals surface area contributed by atoms with Crippen LogP contribution in [-0.2, 0) is 4.79 Å². The van der Waals surface area contributed by atoms with E-state index in [9.17, 15) is 9.59 Å². The second-order valence-corrected chi connectivity index (χ2v) is 4.69. The van der Waals surface area contributed by atoms with Gasteiger partial charge in [0.15, 0.2) is 0 Å². The maximum atomic E-state index is 11.7. The Morgan fingerprint density at radius 3 is 2.56 bits per heavy atom. The molecule has 0 aliphatic heterocycles. The Labute approximate surface area is 101 Å². The van der Waals surface area contributed by atoms with Crippen LogP contribution in [0.1, 0.15) is 32.6 Å². The van der Waals surface area contributed by atoms with Gasteiger partial charge in [-0.1, -0.05) is 19.8 Å². The Bertz CT molecular complexity index is 271. The highest BCUT2D eigenvalue weighted by Gasteiger charge is 2.28. The molecule has 2 atom stereocenters. The van der Waals surface area contributed by atoms with Gasteiger partial charge in [0.05, 0.1) is 0 Å². The monoisotopic (exact) mass is 246 g/mol. The standard InChI is InChI=1S/C11H19ClN2O2/c1-8-5-3-4-6-9(8)14(2)11(16)13-10(15)7-12/h8-9H,3-7H2,1-2H3,(H,13,15,16). The fourth-order valence-corrected chi connectivity index (χ4v) is 2.33. The Balaban J connectivity index is 2.51. The van der Waals surface area contributed by atoms with E-state index in [1.807, 2.05) is 0 Å². The average Bonchev–Trinajstić information content (AvgIpc) is 2.28. The van der Waals surface area contributed by atoms with Crippen LogP contribution >= 0.6 is 11.6 Å². The van der Waals surface area contributed by atoms with E-state index in [-0.39, 0.29) is 18.0 Å². The molecule has 5 heteroatoms. The van der Waals surface area contributed by atoms with E-state index in [0.717, 1.165) is 19.3 Å². The number of hydrogen-bond donors (Lipinski definition) is 1. The van der Waals surface area contributed by atoms with Crippen molar-refractivity contribution in [1.29, 1.82) is 0 Å². The zero-order valence-corrected chi connectivity index (χ0v) is 10.6. The molecule has 0 bridgehead atoms. The first kappa shape index (κ1) is 13.3. The normalized spacial score (nSPS) is 24.9. The first-order valence-electron chi connectivity index (χ1n) is 5.69. The van der Waals surface area contributed by atoms with Crippen molar-refractivity contribution in [2.75, 3.05) is 12.9 Å². The van der Waals surface area contributed by atoms with E-state index in [1.54, 1.807) is 11.9 Å².